The standard InChI is InChI=1S/C31H28BN3/c1-21-10-9-11-22(2)31(21)32-25-14-7-8-15-27(25)35(24-12-5-4-6-13-24)29-20-28-23(18-26(29)32)19-30-33(3)16-17-34(28)30/h4-18,20,30H,19H2,1-3H3. The highest BCUT2D eigenvalue weighted by Crippen LogP contribution is 2.43. The SMILES string of the molecule is Cc1cccc(C)c1B1c2ccccc2N(c2ccccc2)c2cc3c(cc21)CC1N(C)C=CN31. The maximum Gasteiger partial charge on any atom is 0.247 e. The summed E-state index contributed by atoms with van der Waals surface area (Å²) in [5, 5.41) is 0. The maximum atomic E-state index is 2.51. The molecule has 0 bridgehead atoms. The van der Waals surface area contributed by atoms with Crippen molar-refractivity contribution in [3.05, 3.63) is 114 Å². The number of rotatable bonds is 2. The van der Waals surface area contributed by atoms with E-state index in [4.69, 9.17) is 0 Å². The second-order valence-corrected chi connectivity index (χ2v) is 10.1. The third-order valence-electron chi connectivity index (χ3n) is 8.05. The molecular formula is C31H28BN3. The predicted molar refractivity (Wildman–Crippen MR) is 149 cm³/mol. The van der Waals surface area contributed by atoms with Gasteiger partial charge in [0.2, 0.25) is 6.71 Å². The molecule has 3 aliphatic heterocycles. The largest absolute Gasteiger partial charge is 0.358 e. The minimum Gasteiger partial charge on any atom is -0.358 e. The summed E-state index contributed by atoms with van der Waals surface area (Å²) in [6.45, 7) is 4.73. The molecule has 0 saturated carbocycles. The Morgan fingerprint density at radius 1 is 0.714 bits per heavy atom. The number of anilines is 4. The van der Waals surface area contributed by atoms with E-state index in [2.05, 4.69) is 133 Å². The first-order valence-electron chi connectivity index (χ1n) is 12.5. The molecule has 170 valence electrons. The van der Waals surface area contributed by atoms with Gasteiger partial charge in [-0.3, -0.25) is 0 Å². The van der Waals surface area contributed by atoms with Crippen molar-refractivity contribution < 1.29 is 0 Å². The molecule has 0 spiro atoms. The molecule has 4 heteroatoms. The van der Waals surface area contributed by atoms with Gasteiger partial charge < -0.3 is 14.7 Å². The van der Waals surface area contributed by atoms with Crippen LogP contribution < -0.4 is 26.2 Å². The van der Waals surface area contributed by atoms with Gasteiger partial charge in [0.1, 0.15) is 6.17 Å². The topological polar surface area (TPSA) is 9.72 Å². The van der Waals surface area contributed by atoms with Crippen LogP contribution in [-0.2, 0) is 6.42 Å². The number of para-hydroxylation sites is 2. The zero-order chi connectivity index (χ0) is 23.7. The molecule has 0 aliphatic carbocycles. The van der Waals surface area contributed by atoms with Crippen LogP contribution in [0.4, 0.5) is 22.7 Å². The summed E-state index contributed by atoms with van der Waals surface area (Å²) in [6.07, 6.45) is 5.84. The third kappa shape index (κ3) is 2.92. The molecule has 0 radical (unpaired) electrons. The highest BCUT2D eigenvalue weighted by atomic mass is 15.4. The first kappa shape index (κ1) is 20.5. The summed E-state index contributed by atoms with van der Waals surface area (Å²) < 4.78 is 0. The molecule has 4 aromatic rings. The van der Waals surface area contributed by atoms with Gasteiger partial charge in [0.05, 0.1) is 0 Å². The van der Waals surface area contributed by atoms with Crippen molar-refractivity contribution in [1.29, 1.82) is 0 Å². The van der Waals surface area contributed by atoms with Crippen LogP contribution in [0.2, 0.25) is 0 Å². The molecule has 0 N–H and O–H groups in total. The lowest BCUT2D eigenvalue weighted by Crippen LogP contribution is -2.58. The fourth-order valence-corrected chi connectivity index (χ4v) is 6.40. The highest BCUT2D eigenvalue weighted by Gasteiger charge is 2.40. The van der Waals surface area contributed by atoms with Crippen molar-refractivity contribution in [2.45, 2.75) is 26.4 Å². The molecule has 3 aliphatic rings. The van der Waals surface area contributed by atoms with E-state index in [-0.39, 0.29) is 6.71 Å². The Labute approximate surface area is 208 Å². The van der Waals surface area contributed by atoms with Gasteiger partial charge in [-0.25, -0.2) is 0 Å². The van der Waals surface area contributed by atoms with Crippen LogP contribution in [-0.4, -0.2) is 24.8 Å². The monoisotopic (exact) mass is 453 g/mol. The number of fused-ring (bicyclic) bond motifs is 5. The summed E-state index contributed by atoms with van der Waals surface area (Å²) >= 11 is 0. The highest BCUT2D eigenvalue weighted by molar-refractivity contribution is 6.98. The van der Waals surface area contributed by atoms with Gasteiger partial charge in [0.15, 0.2) is 0 Å². The van der Waals surface area contributed by atoms with E-state index >= 15 is 0 Å². The van der Waals surface area contributed by atoms with Gasteiger partial charge in [0.25, 0.3) is 0 Å². The van der Waals surface area contributed by atoms with Crippen molar-refractivity contribution in [2.24, 2.45) is 0 Å². The van der Waals surface area contributed by atoms with Crippen molar-refractivity contribution in [3.63, 3.8) is 0 Å². The smallest absolute Gasteiger partial charge is 0.247 e. The fraction of sp³-hybridized carbons (Fsp3) is 0.161. The van der Waals surface area contributed by atoms with E-state index in [0.29, 0.717) is 6.17 Å². The summed E-state index contributed by atoms with van der Waals surface area (Å²) in [6, 6.07) is 31.4. The average Bonchev–Trinajstić information content (AvgIpc) is 3.41. The number of likely N-dealkylation sites (N-methyl/N-ethyl adjacent to an activating group) is 1. The van der Waals surface area contributed by atoms with Crippen LogP contribution in [0.5, 0.6) is 0 Å². The van der Waals surface area contributed by atoms with E-state index in [1.165, 1.54) is 55.8 Å². The molecule has 3 heterocycles. The van der Waals surface area contributed by atoms with Gasteiger partial charge in [-0.1, -0.05) is 77.3 Å². The summed E-state index contributed by atoms with van der Waals surface area (Å²) in [7, 11) is 2.18. The number of nitrogens with zero attached hydrogens (tertiary/aromatic N) is 3. The van der Waals surface area contributed by atoms with Gasteiger partial charge in [-0.2, -0.15) is 0 Å². The second-order valence-electron chi connectivity index (χ2n) is 10.1. The van der Waals surface area contributed by atoms with Gasteiger partial charge in [0, 0.05) is 48.6 Å². The molecule has 1 atom stereocenters. The zero-order valence-electron chi connectivity index (χ0n) is 20.4. The van der Waals surface area contributed by atoms with E-state index in [1.807, 2.05) is 0 Å². The first-order valence-corrected chi connectivity index (χ1v) is 12.5. The number of benzene rings is 4. The molecule has 35 heavy (non-hydrogen) atoms. The predicted octanol–water partition coefficient (Wildman–Crippen LogP) is 4.71. The first-order chi connectivity index (χ1) is 17.1. The molecule has 0 amide bonds. The molecular weight excluding hydrogens is 425 g/mol. The molecule has 3 nitrogen and oxygen atoms in total. The Balaban J connectivity index is 1.54. The van der Waals surface area contributed by atoms with Gasteiger partial charge in [-0.15, -0.1) is 0 Å². The molecule has 1 unspecified atom stereocenters. The lowest BCUT2D eigenvalue weighted by Gasteiger charge is -2.38. The molecule has 4 aromatic carbocycles. The molecule has 0 saturated heterocycles. The zero-order valence-corrected chi connectivity index (χ0v) is 20.4. The van der Waals surface area contributed by atoms with Crippen molar-refractivity contribution in [1.82, 2.24) is 4.90 Å². The van der Waals surface area contributed by atoms with Crippen LogP contribution in [0.25, 0.3) is 0 Å². The normalized spacial score (nSPS) is 17.4. The third-order valence-corrected chi connectivity index (χ3v) is 8.05. The van der Waals surface area contributed by atoms with Crippen molar-refractivity contribution >= 4 is 45.9 Å². The quantitative estimate of drug-likeness (QED) is 0.359. The van der Waals surface area contributed by atoms with E-state index in [9.17, 15) is 0 Å². The summed E-state index contributed by atoms with van der Waals surface area (Å²) in [4.78, 5) is 7.23. The molecule has 0 aromatic heterocycles. The fourth-order valence-electron chi connectivity index (χ4n) is 6.40. The Bertz CT molecular complexity index is 1470. The second kappa shape index (κ2) is 7.54. The van der Waals surface area contributed by atoms with E-state index < -0.39 is 0 Å². The summed E-state index contributed by atoms with van der Waals surface area (Å²) in [5.74, 6) is 0. The number of hydrogen-bond acceptors (Lipinski definition) is 3. The number of hydrogen-bond donors (Lipinski definition) is 0. The van der Waals surface area contributed by atoms with E-state index in [1.54, 1.807) is 0 Å². The lowest BCUT2D eigenvalue weighted by atomic mass is 9.33. The minimum atomic E-state index is 0.205. The molecule has 7 rings (SSSR count). The number of aryl methyl sites for hydroxylation is 2. The Morgan fingerprint density at radius 2 is 1.46 bits per heavy atom. The molecule has 0 fully saturated rings. The average molecular weight is 453 g/mol. The Kier molecular flexibility index (Phi) is 4.41. The van der Waals surface area contributed by atoms with Gasteiger partial charge >= 0.3 is 0 Å². The van der Waals surface area contributed by atoms with Crippen molar-refractivity contribution in [3.8, 4) is 0 Å². The summed E-state index contributed by atoms with van der Waals surface area (Å²) in [5.41, 5.74) is 13.4. The Morgan fingerprint density at radius 3 is 2.26 bits per heavy atom. The van der Waals surface area contributed by atoms with Crippen molar-refractivity contribution in [2.75, 3.05) is 16.8 Å². The van der Waals surface area contributed by atoms with E-state index in [0.717, 1.165) is 6.42 Å². The lowest BCUT2D eigenvalue weighted by molar-refractivity contribution is 0.369. The van der Waals surface area contributed by atoms with Crippen LogP contribution in [0.3, 0.4) is 0 Å². The van der Waals surface area contributed by atoms with Crippen LogP contribution in [0.1, 0.15) is 16.7 Å². The minimum absolute atomic E-state index is 0.205. The van der Waals surface area contributed by atoms with Crippen LogP contribution in [0.15, 0.2) is 97.3 Å². The Hall–Kier alpha value is -3.92. The van der Waals surface area contributed by atoms with Crippen LogP contribution in [0, 0.1) is 13.8 Å². The van der Waals surface area contributed by atoms with Gasteiger partial charge in [-0.05, 0) is 54.6 Å². The van der Waals surface area contributed by atoms with Crippen LogP contribution >= 0.6 is 0 Å². The maximum absolute atomic E-state index is 2.51.